The average molecular weight is 214 g/mol. The summed E-state index contributed by atoms with van der Waals surface area (Å²) in [5.41, 5.74) is 3.85. The summed E-state index contributed by atoms with van der Waals surface area (Å²) in [6.07, 6.45) is 2.62. The molecule has 3 aliphatic heterocycles. The van der Waals surface area contributed by atoms with Crippen molar-refractivity contribution >= 4 is 11.4 Å². The molecule has 3 aliphatic rings. The normalized spacial score (nSPS) is 30.9. The monoisotopic (exact) mass is 214 g/mol. The number of aliphatic imine (C=N–C) groups is 1. The molecule has 16 heavy (non-hydrogen) atoms. The molecule has 1 aromatic rings. The molecular formula is C14H18N2. The first-order valence-electron chi connectivity index (χ1n) is 6.18. The molecule has 3 saturated heterocycles. The smallest absolute Gasteiger partial charge is 0.0658 e. The van der Waals surface area contributed by atoms with Crippen LogP contribution in [0.1, 0.15) is 18.4 Å². The van der Waals surface area contributed by atoms with Gasteiger partial charge in [0.2, 0.25) is 0 Å². The lowest BCUT2D eigenvalue weighted by atomic mass is 9.86. The predicted octanol–water partition coefficient (Wildman–Crippen LogP) is 2.79. The molecule has 3 heterocycles. The van der Waals surface area contributed by atoms with Gasteiger partial charge in [-0.15, -0.1) is 0 Å². The molecule has 0 amide bonds. The molecule has 1 aromatic carbocycles. The van der Waals surface area contributed by atoms with Gasteiger partial charge in [0.1, 0.15) is 0 Å². The van der Waals surface area contributed by atoms with E-state index in [0.29, 0.717) is 0 Å². The van der Waals surface area contributed by atoms with Crippen LogP contribution in [0.25, 0.3) is 0 Å². The minimum absolute atomic E-state index is 0.754. The predicted molar refractivity (Wildman–Crippen MR) is 67.4 cm³/mol. The fraction of sp³-hybridized carbons (Fsp3) is 0.500. The van der Waals surface area contributed by atoms with Gasteiger partial charge >= 0.3 is 0 Å². The van der Waals surface area contributed by atoms with Crippen LogP contribution in [0.3, 0.4) is 0 Å². The Morgan fingerprint density at radius 3 is 2.56 bits per heavy atom. The summed E-state index contributed by atoms with van der Waals surface area (Å²) in [4.78, 5) is 7.40. The number of nitrogens with zero attached hydrogens (tertiary/aromatic N) is 2. The molecule has 0 aliphatic carbocycles. The molecule has 3 fully saturated rings. The molecule has 0 spiro atoms. The number of fused-ring (bicyclic) bond motifs is 3. The second-order valence-electron chi connectivity index (χ2n) is 4.94. The van der Waals surface area contributed by atoms with Gasteiger partial charge in [-0.05, 0) is 44.5 Å². The van der Waals surface area contributed by atoms with Crippen molar-refractivity contribution in [3.05, 3.63) is 29.8 Å². The van der Waals surface area contributed by atoms with Gasteiger partial charge in [0.25, 0.3) is 0 Å². The Kier molecular flexibility index (Phi) is 2.52. The van der Waals surface area contributed by atoms with Crippen molar-refractivity contribution < 1.29 is 0 Å². The fourth-order valence-corrected chi connectivity index (χ4v) is 2.75. The molecule has 0 aromatic heterocycles. The van der Waals surface area contributed by atoms with Crippen molar-refractivity contribution in [3.63, 3.8) is 0 Å². The SMILES string of the molecule is Cc1ccccc1N=C1CN2CCC1CC2. The molecule has 0 unspecified atom stereocenters. The minimum Gasteiger partial charge on any atom is -0.298 e. The molecule has 0 N–H and O–H groups in total. The lowest BCUT2D eigenvalue weighted by Crippen LogP contribution is -2.47. The van der Waals surface area contributed by atoms with Crippen molar-refractivity contribution in [1.29, 1.82) is 0 Å². The van der Waals surface area contributed by atoms with Crippen LogP contribution in [0.5, 0.6) is 0 Å². The molecule has 2 bridgehead atoms. The Labute approximate surface area is 97.0 Å². The van der Waals surface area contributed by atoms with Crippen LogP contribution in [0.4, 0.5) is 5.69 Å². The Balaban J connectivity index is 1.90. The summed E-state index contributed by atoms with van der Waals surface area (Å²) in [6.45, 7) is 5.79. The van der Waals surface area contributed by atoms with Gasteiger partial charge in [0.15, 0.2) is 0 Å². The second-order valence-corrected chi connectivity index (χ2v) is 4.94. The molecule has 2 nitrogen and oxygen atoms in total. The quantitative estimate of drug-likeness (QED) is 0.702. The Bertz CT molecular complexity index is 414. The maximum atomic E-state index is 4.88. The summed E-state index contributed by atoms with van der Waals surface area (Å²) in [7, 11) is 0. The zero-order valence-electron chi connectivity index (χ0n) is 9.82. The zero-order valence-corrected chi connectivity index (χ0v) is 9.82. The maximum absolute atomic E-state index is 4.88. The number of piperidine rings is 3. The summed E-state index contributed by atoms with van der Waals surface area (Å²) in [6, 6.07) is 8.42. The lowest BCUT2D eigenvalue weighted by molar-refractivity contribution is 0.200. The molecular weight excluding hydrogens is 196 g/mol. The van der Waals surface area contributed by atoms with Crippen LogP contribution < -0.4 is 0 Å². The van der Waals surface area contributed by atoms with Crippen molar-refractivity contribution in [1.82, 2.24) is 4.90 Å². The number of para-hydroxylation sites is 1. The summed E-state index contributed by atoms with van der Waals surface area (Å²) >= 11 is 0. The van der Waals surface area contributed by atoms with Crippen molar-refractivity contribution in [3.8, 4) is 0 Å². The van der Waals surface area contributed by atoms with E-state index in [1.165, 1.54) is 37.2 Å². The lowest BCUT2D eigenvalue weighted by Gasteiger charge is -2.40. The number of aryl methyl sites for hydroxylation is 1. The second kappa shape index (κ2) is 4.02. The summed E-state index contributed by atoms with van der Waals surface area (Å²) < 4.78 is 0. The Morgan fingerprint density at radius 2 is 1.94 bits per heavy atom. The Morgan fingerprint density at radius 1 is 1.19 bits per heavy atom. The van der Waals surface area contributed by atoms with E-state index in [4.69, 9.17) is 4.99 Å². The van der Waals surface area contributed by atoms with Crippen LogP contribution in [0, 0.1) is 12.8 Å². The topological polar surface area (TPSA) is 15.6 Å². The van der Waals surface area contributed by atoms with Crippen LogP contribution >= 0.6 is 0 Å². The van der Waals surface area contributed by atoms with E-state index in [2.05, 4.69) is 36.1 Å². The van der Waals surface area contributed by atoms with Gasteiger partial charge in [-0.3, -0.25) is 9.89 Å². The van der Waals surface area contributed by atoms with Crippen LogP contribution in [-0.4, -0.2) is 30.2 Å². The number of hydrogen-bond acceptors (Lipinski definition) is 2. The standard InChI is InChI=1S/C14H18N2/c1-11-4-2-3-5-13(11)15-14-10-16-8-6-12(14)7-9-16/h2-5,12H,6-10H2,1H3. The van der Waals surface area contributed by atoms with E-state index in [-0.39, 0.29) is 0 Å². The Hall–Kier alpha value is -1.15. The number of hydrogen-bond donors (Lipinski definition) is 0. The van der Waals surface area contributed by atoms with E-state index in [9.17, 15) is 0 Å². The van der Waals surface area contributed by atoms with Gasteiger partial charge in [-0.1, -0.05) is 18.2 Å². The fourth-order valence-electron chi connectivity index (χ4n) is 2.75. The van der Waals surface area contributed by atoms with Gasteiger partial charge in [0.05, 0.1) is 5.69 Å². The van der Waals surface area contributed by atoms with E-state index < -0.39 is 0 Å². The van der Waals surface area contributed by atoms with Gasteiger partial charge in [0, 0.05) is 18.2 Å². The first-order chi connectivity index (χ1) is 7.83. The van der Waals surface area contributed by atoms with Crippen LogP contribution in [-0.2, 0) is 0 Å². The van der Waals surface area contributed by atoms with E-state index in [0.717, 1.165) is 18.2 Å². The first-order valence-corrected chi connectivity index (χ1v) is 6.18. The first kappa shape index (κ1) is 10.0. The van der Waals surface area contributed by atoms with Crippen molar-refractivity contribution in [2.24, 2.45) is 10.9 Å². The highest BCUT2D eigenvalue weighted by Gasteiger charge is 2.30. The van der Waals surface area contributed by atoms with E-state index in [1.54, 1.807) is 0 Å². The van der Waals surface area contributed by atoms with Gasteiger partial charge in [-0.2, -0.15) is 0 Å². The van der Waals surface area contributed by atoms with E-state index in [1.807, 2.05) is 0 Å². The largest absolute Gasteiger partial charge is 0.298 e. The summed E-state index contributed by atoms with van der Waals surface area (Å²) in [5.74, 6) is 0.754. The highest BCUT2D eigenvalue weighted by Crippen LogP contribution is 2.28. The third-order valence-electron chi connectivity index (χ3n) is 3.82. The summed E-state index contributed by atoms with van der Waals surface area (Å²) in [5, 5.41) is 0. The number of benzene rings is 1. The van der Waals surface area contributed by atoms with Gasteiger partial charge < -0.3 is 0 Å². The average Bonchev–Trinajstić information content (AvgIpc) is 2.34. The zero-order chi connectivity index (χ0) is 11.0. The molecule has 0 radical (unpaired) electrons. The highest BCUT2D eigenvalue weighted by molar-refractivity contribution is 5.92. The third kappa shape index (κ3) is 1.78. The maximum Gasteiger partial charge on any atom is 0.0658 e. The van der Waals surface area contributed by atoms with Gasteiger partial charge in [-0.25, -0.2) is 0 Å². The van der Waals surface area contributed by atoms with Crippen LogP contribution in [0.2, 0.25) is 0 Å². The number of rotatable bonds is 1. The molecule has 0 saturated carbocycles. The molecule has 84 valence electrons. The highest BCUT2D eigenvalue weighted by atomic mass is 15.2. The van der Waals surface area contributed by atoms with Crippen molar-refractivity contribution in [2.45, 2.75) is 19.8 Å². The third-order valence-corrected chi connectivity index (χ3v) is 3.82. The molecule has 2 heteroatoms. The minimum atomic E-state index is 0.754. The van der Waals surface area contributed by atoms with Crippen LogP contribution in [0.15, 0.2) is 29.3 Å². The molecule has 0 atom stereocenters. The van der Waals surface area contributed by atoms with Crippen molar-refractivity contribution in [2.75, 3.05) is 19.6 Å². The van der Waals surface area contributed by atoms with E-state index >= 15 is 0 Å². The molecule has 4 rings (SSSR count).